The number of allylic oxidation sites excluding steroid dienone is 1. The molecule has 2 N–H and O–H groups in total. The Morgan fingerprint density at radius 3 is 2.44 bits per heavy atom. The zero-order valence-corrected chi connectivity index (χ0v) is 21.7. The molecule has 0 unspecified atom stereocenters. The van der Waals surface area contributed by atoms with Crippen molar-refractivity contribution in [3.05, 3.63) is 102 Å². The number of nitrogens with zero attached hydrogens (tertiary/aromatic N) is 1. The van der Waals surface area contributed by atoms with Crippen molar-refractivity contribution in [2.24, 2.45) is 0 Å². The lowest BCUT2D eigenvalue weighted by Gasteiger charge is -2.16. The summed E-state index contributed by atoms with van der Waals surface area (Å²) in [6, 6.07) is 19.5. The summed E-state index contributed by atoms with van der Waals surface area (Å²) in [5.74, 6) is 0.341. The van der Waals surface area contributed by atoms with E-state index in [-0.39, 0.29) is 5.70 Å². The van der Waals surface area contributed by atoms with Gasteiger partial charge in [-0.2, -0.15) is 0 Å². The summed E-state index contributed by atoms with van der Waals surface area (Å²) in [6.45, 7) is 3.72. The SMILES string of the molecule is C=CCc1cc(/C=C2/NC(=O)N(CC(=O)Nc3ccccc3OC)C2=O)cc(OC)c1OCc1ccccc1. The topological polar surface area (TPSA) is 106 Å². The predicted octanol–water partition coefficient (Wildman–Crippen LogP) is 4.54. The third-order valence-electron chi connectivity index (χ3n) is 5.92. The van der Waals surface area contributed by atoms with Gasteiger partial charge in [0.05, 0.1) is 19.9 Å². The fraction of sp³-hybridized carbons (Fsp3) is 0.167. The van der Waals surface area contributed by atoms with Gasteiger partial charge in [-0.25, -0.2) is 9.69 Å². The van der Waals surface area contributed by atoms with Crippen LogP contribution in [0, 0.1) is 0 Å². The Kier molecular flexibility index (Phi) is 8.63. The van der Waals surface area contributed by atoms with E-state index in [2.05, 4.69) is 17.2 Å². The predicted molar refractivity (Wildman–Crippen MR) is 148 cm³/mol. The van der Waals surface area contributed by atoms with E-state index in [1.54, 1.807) is 36.4 Å². The lowest BCUT2D eigenvalue weighted by atomic mass is 10.0. The second kappa shape index (κ2) is 12.5. The van der Waals surface area contributed by atoms with Crippen molar-refractivity contribution >= 4 is 29.6 Å². The standard InChI is InChI=1S/C30H29N3O6/c1-4-10-22-15-21(17-26(38-3)28(22)39-19-20-11-6-5-7-12-20)16-24-29(35)33(30(36)32-24)18-27(34)31-23-13-8-9-14-25(23)37-2/h4-9,11-17H,1,10,18-19H2,2-3H3,(H,31,34)(H,32,36)/b24-16+. The van der Waals surface area contributed by atoms with Crippen molar-refractivity contribution in [1.82, 2.24) is 10.2 Å². The first kappa shape index (κ1) is 27.0. The Bertz CT molecular complexity index is 1420. The first-order chi connectivity index (χ1) is 18.9. The van der Waals surface area contributed by atoms with E-state index in [0.29, 0.717) is 41.5 Å². The number of carbonyl (C=O) groups excluding carboxylic acids is 3. The van der Waals surface area contributed by atoms with Crippen molar-refractivity contribution in [2.75, 3.05) is 26.1 Å². The Morgan fingerprint density at radius 1 is 1.00 bits per heavy atom. The number of hydrogen-bond donors (Lipinski definition) is 2. The Balaban J connectivity index is 1.52. The number of hydrogen-bond acceptors (Lipinski definition) is 6. The van der Waals surface area contributed by atoms with Crippen LogP contribution in [0.5, 0.6) is 17.2 Å². The molecule has 0 saturated carbocycles. The van der Waals surface area contributed by atoms with Gasteiger partial charge >= 0.3 is 6.03 Å². The number of para-hydroxylation sites is 2. The molecule has 9 heteroatoms. The highest BCUT2D eigenvalue weighted by atomic mass is 16.5. The Labute approximate surface area is 226 Å². The average Bonchev–Trinajstić information content (AvgIpc) is 3.20. The molecule has 1 fully saturated rings. The zero-order valence-electron chi connectivity index (χ0n) is 21.7. The zero-order chi connectivity index (χ0) is 27.8. The molecule has 200 valence electrons. The number of amides is 4. The lowest BCUT2D eigenvalue weighted by Crippen LogP contribution is -2.38. The molecule has 3 aromatic carbocycles. The number of methoxy groups -OCH3 is 2. The number of nitrogens with one attached hydrogen (secondary N) is 2. The van der Waals surface area contributed by atoms with Gasteiger partial charge in [-0.1, -0.05) is 48.5 Å². The van der Waals surface area contributed by atoms with Crippen LogP contribution >= 0.6 is 0 Å². The average molecular weight is 528 g/mol. The number of rotatable bonds is 11. The molecule has 0 spiro atoms. The van der Waals surface area contributed by atoms with E-state index in [9.17, 15) is 14.4 Å². The summed E-state index contributed by atoms with van der Waals surface area (Å²) < 4.78 is 16.9. The number of benzene rings is 3. The summed E-state index contributed by atoms with van der Waals surface area (Å²) >= 11 is 0. The van der Waals surface area contributed by atoms with Crippen molar-refractivity contribution in [2.45, 2.75) is 13.0 Å². The quantitative estimate of drug-likeness (QED) is 0.215. The molecular formula is C30H29N3O6. The van der Waals surface area contributed by atoms with Crippen molar-refractivity contribution in [1.29, 1.82) is 0 Å². The van der Waals surface area contributed by atoms with Crippen LogP contribution in [0.1, 0.15) is 16.7 Å². The van der Waals surface area contributed by atoms with Gasteiger partial charge in [-0.05, 0) is 47.9 Å². The molecule has 3 aromatic rings. The van der Waals surface area contributed by atoms with Gasteiger partial charge in [-0.15, -0.1) is 6.58 Å². The van der Waals surface area contributed by atoms with E-state index in [1.165, 1.54) is 20.3 Å². The molecule has 0 aromatic heterocycles. The molecule has 4 rings (SSSR count). The van der Waals surface area contributed by atoms with Crippen LogP contribution in [0.4, 0.5) is 10.5 Å². The summed E-state index contributed by atoms with van der Waals surface area (Å²) in [6.07, 6.45) is 3.77. The summed E-state index contributed by atoms with van der Waals surface area (Å²) in [5.41, 5.74) is 2.89. The van der Waals surface area contributed by atoms with E-state index in [1.807, 2.05) is 36.4 Å². The van der Waals surface area contributed by atoms with Crippen LogP contribution in [-0.2, 0) is 22.6 Å². The lowest BCUT2D eigenvalue weighted by molar-refractivity contribution is -0.127. The first-order valence-electron chi connectivity index (χ1n) is 12.2. The van der Waals surface area contributed by atoms with Crippen LogP contribution in [0.15, 0.2) is 85.1 Å². The smallest absolute Gasteiger partial charge is 0.329 e. The minimum atomic E-state index is -0.692. The van der Waals surface area contributed by atoms with Gasteiger partial charge in [0.2, 0.25) is 5.91 Å². The monoisotopic (exact) mass is 527 g/mol. The van der Waals surface area contributed by atoms with Crippen molar-refractivity contribution in [3.63, 3.8) is 0 Å². The third kappa shape index (κ3) is 6.45. The van der Waals surface area contributed by atoms with Crippen LogP contribution < -0.4 is 24.8 Å². The fourth-order valence-electron chi connectivity index (χ4n) is 4.08. The van der Waals surface area contributed by atoms with Gasteiger partial charge in [0.25, 0.3) is 5.91 Å². The Morgan fingerprint density at radius 2 is 1.72 bits per heavy atom. The van der Waals surface area contributed by atoms with Crippen LogP contribution in [0.2, 0.25) is 0 Å². The molecule has 1 saturated heterocycles. The molecule has 0 aliphatic carbocycles. The largest absolute Gasteiger partial charge is 0.495 e. The van der Waals surface area contributed by atoms with E-state index < -0.39 is 24.4 Å². The summed E-state index contributed by atoms with van der Waals surface area (Å²) in [5, 5.41) is 5.21. The molecule has 0 radical (unpaired) electrons. The first-order valence-corrected chi connectivity index (χ1v) is 12.2. The third-order valence-corrected chi connectivity index (χ3v) is 5.92. The molecule has 1 heterocycles. The van der Waals surface area contributed by atoms with E-state index in [0.717, 1.165) is 16.0 Å². The maximum atomic E-state index is 13.0. The number of anilines is 1. The van der Waals surface area contributed by atoms with Crippen LogP contribution in [0.3, 0.4) is 0 Å². The molecular weight excluding hydrogens is 498 g/mol. The molecule has 39 heavy (non-hydrogen) atoms. The van der Waals surface area contributed by atoms with Crippen molar-refractivity contribution in [3.8, 4) is 17.2 Å². The highest BCUT2D eigenvalue weighted by molar-refractivity contribution is 6.16. The van der Waals surface area contributed by atoms with Gasteiger partial charge in [-0.3, -0.25) is 9.59 Å². The highest BCUT2D eigenvalue weighted by Gasteiger charge is 2.35. The van der Waals surface area contributed by atoms with Gasteiger partial charge in [0.15, 0.2) is 11.5 Å². The van der Waals surface area contributed by atoms with Crippen LogP contribution in [-0.4, -0.2) is 43.5 Å². The second-order valence-electron chi connectivity index (χ2n) is 8.61. The maximum absolute atomic E-state index is 13.0. The van der Waals surface area contributed by atoms with E-state index >= 15 is 0 Å². The fourth-order valence-corrected chi connectivity index (χ4v) is 4.08. The minimum Gasteiger partial charge on any atom is -0.495 e. The van der Waals surface area contributed by atoms with Gasteiger partial charge in [0, 0.05) is 5.56 Å². The molecule has 0 bridgehead atoms. The normalized spacial score (nSPS) is 13.7. The number of imide groups is 1. The maximum Gasteiger partial charge on any atom is 0.329 e. The Hall–Kier alpha value is -5.05. The van der Waals surface area contributed by atoms with E-state index in [4.69, 9.17) is 14.2 Å². The molecule has 9 nitrogen and oxygen atoms in total. The number of urea groups is 1. The summed E-state index contributed by atoms with van der Waals surface area (Å²) in [7, 11) is 3.01. The van der Waals surface area contributed by atoms with Crippen molar-refractivity contribution < 1.29 is 28.6 Å². The second-order valence-corrected chi connectivity index (χ2v) is 8.61. The number of carbonyl (C=O) groups is 3. The van der Waals surface area contributed by atoms with Gasteiger partial charge in [0.1, 0.15) is 24.6 Å². The molecule has 4 amide bonds. The minimum absolute atomic E-state index is 0.0367. The molecule has 1 aliphatic heterocycles. The number of ether oxygens (including phenoxy) is 3. The molecule has 1 aliphatic rings. The summed E-state index contributed by atoms with van der Waals surface area (Å²) in [4.78, 5) is 39.0. The van der Waals surface area contributed by atoms with Gasteiger partial charge < -0.3 is 24.8 Å². The highest BCUT2D eigenvalue weighted by Crippen LogP contribution is 2.35. The van der Waals surface area contributed by atoms with Crippen LogP contribution in [0.25, 0.3) is 6.08 Å². The molecule has 0 atom stereocenters.